The molecule has 0 atom stereocenters. The molecule has 1 N–H and O–H groups in total. The van der Waals surface area contributed by atoms with Crippen molar-refractivity contribution in [3.05, 3.63) is 53.6 Å². The van der Waals surface area contributed by atoms with Crippen LogP contribution < -0.4 is 15.0 Å². The summed E-state index contributed by atoms with van der Waals surface area (Å²) in [5, 5.41) is 2.31. The molecule has 0 aliphatic carbocycles. The number of rotatable bonds is 5. The highest BCUT2D eigenvalue weighted by Crippen LogP contribution is 2.37. The van der Waals surface area contributed by atoms with E-state index in [1.807, 2.05) is 32.9 Å². The third-order valence-electron chi connectivity index (χ3n) is 4.15. The molecule has 0 fully saturated rings. The van der Waals surface area contributed by atoms with Crippen LogP contribution in [0.25, 0.3) is 0 Å². The number of ether oxygens (including phenoxy) is 1. The Kier molecular flexibility index (Phi) is 6.27. The Morgan fingerprint density at radius 1 is 1.04 bits per heavy atom. The van der Waals surface area contributed by atoms with Gasteiger partial charge in [0.05, 0.1) is 11.3 Å². The molecular weight excluding hydrogens is 369 g/mol. The summed E-state index contributed by atoms with van der Waals surface area (Å²) in [6.45, 7) is 5.64. The van der Waals surface area contributed by atoms with E-state index in [4.69, 9.17) is 4.74 Å². The number of alkyl halides is 3. The second kappa shape index (κ2) is 8.12. The van der Waals surface area contributed by atoms with Gasteiger partial charge in [0.2, 0.25) is 0 Å². The van der Waals surface area contributed by atoms with Gasteiger partial charge in [0.1, 0.15) is 5.75 Å². The third-order valence-corrected chi connectivity index (χ3v) is 4.15. The van der Waals surface area contributed by atoms with E-state index in [2.05, 4.69) is 5.32 Å². The minimum absolute atomic E-state index is 0.196. The molecule has 0 aromatic heterocycles. The van der Waals surface area contributed by atoms with Crippen LogP contribution in [-0.2, 0) is 16.4 Å². The lowest BCUT2D eigenvalue weighted by molar-refractivity contribution is -0.137. The fraction of sp³-hybridized carbons (Fsp3) is 0.381. The molecule has 7 heteroatoms. The maximum absolute atomic E-state index is 13.4. The Bertz CT molecular complexity index is 840. The van der Waals surface area contributed by atoms with Crippen LogP contribution in [0.1, 0.15) is 31.9 Å². The van der Waals surface area contributed by atoms with Gasteiger partial charge in [0, 0.05) is 19.8 Å². The van der Waals surface area contributed by atoms with Gasteiger partial charge in [0.15, 0.2) is 6.61 Å². The van der Waals surface area contributed by atoms with E-state index >= 15 is 0 Å². The van der Waals surface area contributed by atoms with Gasteiger partial charge in [-0.15, -0.1) is 0 Å². The highest BCUT2D eigenvalue weighted by molar-refractivity contribution is 5.93. The smallest absolute Gasteiger partial charge is 0.418 e. The number of hydrogen-bond donors (Lipinski definition) is 1. The Morgan fingerprint density at radius 3 is 2.25 bits per heavy atom. The maximum Gasteiger partial charge on any atom is 0.418 e. The number of halogens is 3. The standard InChI is InChI=1S/C21H25F3N2O2/c1-20(2,3)15-8-6-7-9-18(15)28-13-19(27)25-17-11-10-14(26(4)5)12-16(17)21(22,23)24/h6-12H,13H2,1-5H3,(H,25,27). The number of para-hydroxylation sites is 1. The summed E-state index contributed by atoms with van der Waals surface area (Å²) in [5.74, 6) is -0.129. The molecule has 0 saturated carbocycles. The van der Waals surface area contributed by atoms with Crippen molar-refractivity contribution in [1.82, 2.24) is 0 Å². The fourth-order valence-electron chi connectivity index (χ4n) is 2.70. The summed E-state index contributed by atoms with van der Waals surface area (Å²) in [4.78, 5) is 13.8. The molecule has 4 nitrogen and oxygen atoms in total. The molecule has 0 heterocycles. The first-order chi connectivity index (χ1) is 12.9. The molecule has 2 aromatic rings. The molecular formula is C21H25F3N2O2. The summed E-state index contributed by atoms with van der Waals surface area (Å²) in [7, 11) is 3.29. The van der Waals surface area contributed by atoms with Crippen LogP contribution >= 0.6 is 0 Å². The summed E-state index contributed by atoms with van der Waals surface area (Å²) >= 11 is 0. The first kappa shape index (κ1) is 21.6. The first-order valence-electron chi connectivity index (χ1n) is 8.80. The molecule has 2 aromatic carbocycles. The maximum atomic E-state index is 13.4. The van der Waals surface area contributed by atoms with Crippen LogP contribution in [0.2, 0.25) is 0 Å². The van der Waals surface area contributed by atoms with Crippen LogP contribution in [-0.4, -0.2) is 26.6 Å². The van der Waals surface area contributed by atoms with Gasteiger partial charge in [0.25, 0.3) is 5.91 Å². The van der Waals surface area contributed by atoms with E-state index in [1.54, 1.807) is 31.1 Å². The lowest BCUT2D eigenvalue weighted by Gasteiger charge is -2.22. The number of carbonyl (C=O) groups is 1. The zero-order chi connectivity index (χ0) is 21.1. The molecule has 152 valence electrons. The minimum atomic E-state index is -4.59. The third kappa shape index (κ3) is 5.41. The molecule has 0 spiro atoms. The highest BCUT2D eigenvalue weighted by atomic mass is 19.4. The van der Waals surface area contributed by atoms with Crippen molar-refractivity contribution >= 4 is 17.3 Å². The number of hydrogen-bond acceptors (Lipinski definition) is 3. The van der Waals surface area contributed by atoms with E-state index in [1.165, 1.54) is 12.1 Å². The summed E-state index contributed by atoms with van der Waals surface area (Å²) in [5.41, 5.74) is -0.0915. The van der Waals surface area contributed by atoms with E-state index < -0.39 is 17.6 Å². The summed E-state index contributed by atoms with van der Waals surface area (Å²) < 4.78 is 45.7. The van der Waals surface area contributed by atoms with Crippen molar-refractivity contribution < 1.29 is 22.7 Å². The zero-order valence-corrected chi connectivity index (χ0v) is 16.6. The molecule has 2 rings (SSSR count). The average molecular weight is 394 g/mol. The van der Waals surface area contributed by atoms with Crippen LogP contribution in [0.15, 0.2) is 42.5 Å². The van der Waals surface area contributed by atoms with Crippen molar-refractivity contribution in [1.29, 1.82) is 0 Å². The summed E-state index contributed by atoms with van der Waals surface area (Å²) in [6, 6.07) is 11.1. The molecule has 28 heavy (non-hydrogen) atoms. The predicted molar refractivity (Wildman–Crippen MR) is 105 cm³/mol. The zero-order valence-electron chi connectivity index (χ0n) is 16.6. The normalized spacial score (nSPS) is 11.9. The van der Waals surface area contributed by atoms with Gasteiger partial charge >= 0.3 is 6.18 Å². The average Bonchev–Trinajstić information content (AvgIpc) is 2.58. The lowest BCUT2D eigenvalue weighted by Crippen LogP contribution is -2.24. The van der Waals surface area contributed by atoms with E-state index in [0.717, 1.165) is 11.6 Å². The number of amides is 1. The Balaban J connectivity index is 2.17. The van der Waals surface area contributed by atoms with E-state index in [0.29, 0.717) is 11.4 Å². The van der Waals surface area contributed by atoms with Crippen LogP contribution in [0.5, 0.6) is 5.75 Å². The molecule has 0 bridgehead atoms. The van der Waals surface area contributed by atoms with Crippen LogP contribution in [0, 0.1) is 0 Å². The van der Waals surface area contributed by atoms with Gasteiger partial charge in [-0.3, -0.25) is 4.79 Å². The van der Waals surface area contributed by atoms with E-state index in [9.17, 15) is 18.0 Å². The molecule has 0 unspecified atom stereocenters. The van der Waals surface area contributed by atoms with Crippen LogP contribution in [0.3, 0.4) is 0 Å². The quantitative estimate of drug-likeness (QED) is 0.768. The lowest BCUT2D eigenvalue weighted by atomic mass is 9.86. The number of anilines is 2. The van der Waals surface area contributed by atoms with Crippen molar-refractivity contribution in [2.24, 2.45) is 0 Å². The monoisotopic (exact) mass is 394 g/mol. The van der Waals surface area contributed by atoms with Crippen molar-refractivity contribution in [2.75, 3.05) is 30.9 Å². The van der Waals surface area contributed by atoms with Gasteiger partial charge < -0.3 is 15.0 Å². The first-order valence-corrected chi connectivity index (χ1v) is 8.80. The molecule has 0 aliphatic heterocycles. The Morgan fingerprint density at radius 2 is 1.68 bits per heavy atom. The number of carbonyl (C=O) groups excluding carboxylic acids is 1. The highest BCUT2D eigenvalue weighted by Gasteiger charge is 2.34. The number of benzene rings is 2. The van der Waals surface area contributed by atoms with Gasteiger partial charge in [-0.2, -0.15) is 13.2 Å². The molecule has 0 aliphatic rings. The second-order valence-electron chi connectivity index (χ2n) is 7.71. The topological polar surface area (TPSA) is 41.6 Å². The second-order valence-corrected chi connectivity index (χ2v) is 7.71. The summed E-state index contributed by atoms with van der Waals surface area (Å²) in [6.07, 6.45) is -4.59. The minimum Gasteiger partial charge on any atom is -0.483 e. The SMILES string of the molecule is CN(C)c1ccc(NC(=O)COc2ccccc2C(C)(C)C)c(C(F)(F)F)c1. The van der Waals surface area contributed by atoms with Gasteiger partial charge in [-0.25, -0.2) is 0 Å². The molecule has 0 radical (unpaired) electrons. The largest absolute Gasteiger partial charge is 0.483 e. The van der Waals surface area contributed by atoms with Crippen LogP contribution in [0.4, 0.5) is 24.5 Å². The van der Waals surface area contributed by atoms with Gasteiger partial charge in [-0.05, 0) is 35.2 Å². The van der Waals surface area contributed by atoms with Crippen molar-refractivity contribution in [2.45, 2.75) is 32.4 Å². The number of nitrogens with zero attached hydrogens (tertiary/aromatic N) is 1. The Labute approximate surface area is 163 Å². The molecule has 1 amide bonds. The van der Waals surface area contributed by atoms with Crippen molar-refractivity contribution in [3.63, 3.8) is 0 Å². The Hall–Kier alpha value is -2.70. The number of nitrogens with one attached hydrogen (secondary N) is 1. The van der Waals surface area contributed by atoms with E-state index in [-0.39, 0.29) is 17.7 Å². The molecule has 0 saturated heterocycles. The van der Waals surface area contributed by atoms with Crippen molar-refractivity contribution in [3.8, 4) is 5.75 Å². The van der Waals surface area contributed by atoms with Gasteiger partial charge in [-0.1, -0.05) is 39.0 Å². The fourth-order valence-corrected chi connectivity index (χ4v) is 2.70. The predicted octanol–water partition coefficient (Wildman–Crippen LogP) is 5.09.